The lowest BCUT2D eigenvalue weighted by Crippen LogP contribution is -2.58. The van der Waals surface area contributed by atoms with Crippen molar-refractivity contribution in [3.8, 4) is 17.3 Å². The summed E-state index contributed by atoms with van der Waals surface area (Å²) < 4.78 is 55.5. The molecule has 0 spiro atoms. The Bertz CT molecular complexity index is 1780. The van der Waals surface area contributed by atoms with E-state index >= 15 is 0 Å². The summed E-state index contributed by atoms with van der Waals surface area (Å²) in [4.78, 5) is 24.8. The van der Waals surface area contributed by atoms with E-state index in [4.69, 9.17) is 0 Å². The van der Waals surface area contributed by atoms with E-state index in [9.17, 15) is 32.9 Å². The fourth-order valence-electron chi connectivity index (χ4n) is 5.87. The number of H-pyrrole nitrogens is 1. The van der Waals surface area contributed by atoms with Crippen molar-refractivity contribution in [1.82, 2.24) is 19.9 Å². The van der Waals surface area contributed by atoms with Gasteiger partial charge in [0.15, 0.2) is 0 Å². The average molecular weight is 611 g/mol. The molecule has 0 radical (unpaired) electrons. The van der Waals surface area contributed by atoms with Crippen LogP contribution in [0.1, 0.15) is 36.5 Å². The minimum absolute atomic E-state index is 0.0788. The number of hydrogen-bond donors (Lipinski definition) is 3. The van der Waals surface area contributed by atoms with Crippen molar-refractivity contribution in [1.29, 1.82) is 5.26 Å². The van der Waals surface area contributed by atoms with Crippen LogP contribution < -0.4 is 10.6 Å². The fraction of sp³-hybridized carbons (Fsp3) is 0.333. The zero-order valence-electron chi connectivity index (χ0n) is 23.7. The lowest BCUT2D eigenvalue weighted by molar-refractivity contribution is -0.137. The van der Waals surface area contributed by atoms with Crippen LogP contribution in [0.3, 0.4) is 0 Å². The minimum atomic E-state index is -4.78. The largest absolute Gasteiger partial charge is 0.465 e. The van der Waals surface area contributed by atoms with Gasteiger partial charge in [-0.3, -0.25) is 0 Å². The molecule has 1 saturated heterocycles. The molecule has 1 fully saturated rings. The number of nitriles is 1. The summed E-state index contributed by atoms with van der Waals surface area (Å²) in [6, 6.07) is 14.1. The van der Waals surface area contributed by atoms with Crippen molar-refractivity contribution in [3.63, 3.8) is 0 Å². The van der Waals surface area contributed by atoms with E-state index in [1.165, 1.54) is 36.6 Å². The van der Waals surface area contributed by atoms with E-state index in [1.807, 2.05) is 43.3 Å². The summed E-state index contributed by atoms with van der Waals surface area (Å²) in [5.41, 5.74) is -0.524. The summed E-state index contributed by atoms with van der Waals surface area (Å²) in [5.74, 6) is -0.0788. The summed E-state index contributed by atoms with van der Waals surface area (Å²) in [7, 11) is -3.00. The van der Waals surface area contributed by atoms with Crippen LogP contribution in [0.5, 0.6) is 0 Å². The number of alkyl halides is 3. The normalized spacial score (nSPS) is 19.3. The predicted molar refractivity (Wildman–Crippen MR) is 158 cm³/mol. The van der Waals surface area contributed by atoms with E-state index in [1.54, 1.807) is 0 Å². The molecule has 9 nitrogen and oxygen atoms in total. The molecule has 0 unspecified atom stereocenters. The average Bonchev–Trinajstić information content (AvgIpc) is 3.36. The van der Waals surface area contributed by atoms with Crippen molar-refractivity contribution < 1.29 is 27.6 Å². The number of carbonyl (C=O) groups is 1. The standard InChI is InChI=1S/C30H30F3N6O3P/c1-29(13-18-7-5-4-6-8-18)12-11-20(17-39(29)28(40)41)37-27-36-16-23(30(31,32)33)24(38-27)22-15-35-25-21(22)10-9-19(14-34)26(25)43(2,3)42/h4-10,15-16,20,35H,11-13,17H2,1-3H3,(H,40,41)(H,36,37,38)/t20-,29-/m0/s1. The first-order valence-corrected chi connectivity index (χ1v) is 16.2. The number of fused-ring (bicyclic) bond motifs is 1. The molecule has 2 atom stereocenters. The van der Waals surface area contributed by atoms with Gasteiger partial charge >= 0.3 is 12.3 Å². The van der Waals surface area contributed by atoms with Crippen molar-refractivity contribution in [2.75, 3.05) is 25.2 Å². The Morgan fingerprint density at radius 1 is 1.26 bits per heavy atom. The molecule has 0 aliphatic carbocycles. The number of halogens is 3. The molecule has 1 amide bonds. The van der Waals surface area contributed by atoms with E-state index < -0.39 is 42.2 Å². The number of hydrogen-bond acceptors (Lipinski definition) is 6. The number of benzene rings is 2. The van der Waals surface area contributed by atoms with Crippen molar-refractivity contribution in [3.05, 3.63) is 71.5 Å². The predicted octanol–water partition coefficient (Wildman–Crippen LogP) is 6.32. The van der Waals surface area contributed by atoms with E-state index in [-0.39, 0.29) is 28.9 Å². The number of piperidine rings is 1. The highest BCUT2D eigenvalue weighted by Gasteiger charge is 2.42. The van der Waals surface area contributed by atoms with Gasteiger partial charge in [0, 0.05) is 41.5 Å². The number of carboxylic acid groups (broad SMARTS) is 1. The van der Waals surface area contributed by atoms with Crippen molar-refractivity contribution >= 4 is 35.4 Å². The smallest absolute Gasteiger partial charge is 0.419 e. The lowest BCUT2D eigenvalue weighted by Gasteiger charge is -2.46. The molecular formula is C30H30F3N6O3P. The molecular weight excluding hydrogens is 580 g/mol. The van der Waals surface area contributed by atoms with Crippen LogP contribution in [0.2, 0.25) is 0 Å². The molecule has 1 aliphatic heterocycles. The number of rotatable bonds is 6. The molecule has 2 aromatic carbocycles. The van der Waals surface area contributed by atoms with Gasteiger partial charge in [-0.05, 0) is 51.1 Å². The highest BCUT2D eigenvalue weighted by atomic mass is 31.2. The third-order valence-electron chi connectivity index (χ3n) is 7.92. The first kappa shape index (κ1) is 30.1. The van der Waals surface area contributed by atoms with Gasteiger partial charge in [0.05, 0.1) is 28.1 Å². The van der Waals surface area contributed by atoms with Crippen LogP contribution in [-0.4, -0.2) is 62.5 Å². The van der Waals surface area contributed by atoms with Gasteiger partial charge in [0.25, 0.3) is 0 Å². The Kier molecular flexibility index (Phi) is 7.73. The Balaban J connectivity index is 1.50. The fourth-order valence-corrected chi connectivity index (χ4v) is 7.30. The van der Waals surface area contributed by atoms with Gasteiger partial charge in [0.2, 0.25) is 5.95 Å². The van der Waals surface area contributed by atoms with Gasteiger partial charge < -0.3 is 24.9 Å². The molecule has 3 N–H and O–H groups in total. The summed E-state index contributed by atoms with van der Waals surface area (Å²) in [6.45, 7) is 4.97. The van der Waals surface area contributed by atoms with Gasteiger partial charge in [0.1, 0.15) is 12.7 Å². The number of nitrogens with one attached hydrogen (secondary N) is 2. The van der Waals surface area contributed by atoms with Gasteiger partial charge in [-0.1, -0.05) is 36.4 Å². The van der Waals surface area contributed by atoms with Crippen molar-refractivity contribution in [2.24, 2.45) is 0 Å². The maximum absolute atomic E-state index is 14.2. The third-order valence-corrected chi connectivity index (χ3v) is 9.46. The van der Waals surface area contributed by atoms with Crippen LogP contribution in [0.15, 0.2) is 54.9 Å². The Morgan fingerprint density at radius 2 is 1.98 bits per heavy atom. The van der Waals surface area contributed by atoms with E-state index in [2.05, 4.69) is 20.3 Å². The maximum atomic E-state index is 14.2. The topological polar surface area (TPSA) is 135 Å². The zero-order valence-corrected chi connectivity index (χ0v) is 24.6. The van der Waals surface area contributed by atoms with Gasteiger partial charge in [-0.2, -0.15) is 18.4 Å². The highest BCUT2D eigenvalue weighted by molar-refractivity contribution is 7.70. The van der Waals surface area contributed by atoms with Crippen LogP contribution in [0.4, 0.5) is 23.9 Å². The monoisotopic (exact) mass is 610 g/mol. The number of aromatic amines is 1. The summed E-state index contributed by atoms with van der Waals surface area (Å²) >= 11 is 0. The lowest BCUT2D eigenvalue weighted by atomic mass is 9.81. The maximum Gasteiger partial charge on any atom is 0.419 e. The molecule has 2 aromatic heterocycles. The van der Waals surface area contributed by atoms with Gasteiger partial charge in [-0.15, -0.1) is 0 Å². The van der Waals surface area contributed by atoms with Crippen LogP contribution in [0, 0.1) is 11.3 Å². The first-order chi connectivity index (χ1) is 20.2. The minimum Gasteiger partial charge on any atom is -0.465 e. The molecule has 3 heterocycles. The first-order valence-electron chi connectivity index (χ1n) is 13.6. The number of likely N-dealkylation sites (tertiary alicyclic amines) is 1. The second-order valence-corrected chi connectivity index (χ2v) is 14.6. The highest BCUT2D eigenvalue weighted by Crippen LogP contribution is 2.43. The molecule has 43 heavy (non-hydrogen) atoms. The number of aromatic nitrogens is 3. The van der Waals surface area contributed by atoms with Gasteiger partial charge in [-0.25, -0.2) is 14.8 Å². The van der Waals surface area contributed by atoms with Crippen LogP contribution >= 0.6 is 7.14 Å². The second kappa shape index (κ2) is 11.0. The number of anilines is 1. The summed E-state index contributed by atoms with van der Waals surface area (Å²) in [6.07, 6.45) is -2.23. The molecule has 224 valence electrons. The van der Waals surface area contributed by atoms with E-state index in [0.717, 1.165) is 5.56 Å². The zero-order chi connectivity index (χ0) is 31.2. The molecule has 0 saturated carbocycles. The molecule has 4 aromatic rings. The van der Waals surface area contributed by atoms with Crippen LogP contribution in [0.25, 0.3) is 22.2 Å². The third kappa shape index (κ3) is 5.95. The van der Waals surface area contributed by atoms with Crippen molar-refractivity contribution in [2.45, 2.75) is 43.9 Å². The van der Waals surface area contributed by atoms with E-state index in [0.29, 0.717) is 36.4 Å². The quantitative estimate of drug-likeness (QED) is 0.218. The Hall–Kier alpha value is -4.36. The Morgan fingerprint density at radius 3 is 2.60 bits per heavy atom. The molecule has 1 aliphatic rings. The number of amides is 1. The second-order valence-electron chi connectivity index (χ2n) is 11.4. The SMILES string of the molecule is C[C@@]1(Cc2ccccc2)CC[C@H](Nc2ncc(C(F)(F)F)c(-c3c[nH]c4c(P(C)(C)=O)c(C#N)ccc34)n2)CN1C(=O)O. The van der Waals surface area contributed by atoms with Crippen LogP contribution in [-0.2, 0) is 17.2 Å². The molecule has 13 heteroatoms. The number of nitrogens with zero attached hydrogens (tertiary/aromatic N) is 4. The molecule has 5 rings (SSSR count). The summed E-state index contributed by atoms with van der Waals surface area (Å²) in [5, 5.41) is 23.3. The molecule has 0 bridgehead atoms. The Labute approximate surface area is 246 Å².